The molecule has 1 unspecified atom stereocenters. The lowest BCUT2D eigenvalue weighted by molar-refractivity contribution is -0.116. The molecule has 3 rings (SSSR count). The molecule has 1 atom stereocenters. The summed E-state index contributed by atoms with van der Waals surface area (Å²) < 4.78 is 13.8. The summed E-state index contributed by atoms with van der Waals surface area (Å²) in [5, 5.41) is 5.88. The lowest BCUT2D eigenvalue weighted by atomic mass is 10.2. The van der Waals surface area contributed by atoms with E-state index in [9.17, 15) is 9.59 Å². The average molecular weight is 410 g/mol. The second-order valence-electron chi connectivity index (χ2n) is 6.86. The first-order valence-electron chi connectivity index (χ1n) is 9.50. The van der Waals surface area contributed by atoms with E-state index in [1.54, 1.807) is 48.6 Å². The number of hydrogen-bond acceptors (Lipinski definition) is 5. The minimum atomic E-state index is -0.668. The van der Waals surface area contributed by atoms with Crippen molar-refractivity contribution in [2.24, 2.45) is 7.05 Å². The minimum absolute atomic E-state index is 0.222. The first kappa shape index (κ1) is 21.0. The molecule has 30 heavy (non-hydrogen) atoms. The number of amides is 1. The standard InChI is InChI=1S/C22H26N4O4/c1-14(21(27)24-18-13-17(29-4)11-12-19(18)30-5)23-20-15(2)25(3)26(22(20)28)16-9-7-6-8-10-16/h6-14,23H,1-5H3,(H,24,27). The van der Waals surface area contributed by atoms with Gasteiger partial charge in [-0.05, 0) is 38.1 Å². The zero-order valence-corrected chi connectivity index (χ0v) is 17.7. The zero-order chi connectivity index (χ0) is 21.8. The molecule has 0 aliphatic heterocycles. The summed E-state index contributed by atoms with van der Waals surface area (Å²) in [7, 11) is 4.88. The Hall–Kier alpha value is -3.68. The molecule has 0 bridgehead atoms. The van der Waals surface area contributed by atoms with Crippen LogP contribution in [0.25, 0.3) is 5.69 Å². The fourth-order valence-corrected chi connectivity index (χ4v) is 3.17. The molecule has 3 aromatic rings. The summed E-state index contributed by atoms with van der Waals surface area (Å²) in [6.45, 7) is 3.53. The van der Waals surface area contributed by atoms with Crippen LogP contribution in [0.15, 0.2) is 53.3 Å². The van der Waals surface area contributed by atoms with Crippen LogP contribution < -0.4 is 25.7 Å². The lowest BCUT2D eigenvalue weighted by Gasteiger charge is -2.16. The summed E-state index contributed by atoms with van der Waals surface area (Å²) in [5.41, 5.74) is 2.12. The molecule has 0 spiro atoms. The van der Waals surface area contributed by atoms with Gasteiger partial charge < -0.3 is 20.1 Å². The number of ether oxygens (including phenoxy) is 2. The Morgan fingerprint density at radius 3 is 2.40 bits per heavy atom. The van der Waals surface area contributed by atoms with Crippen LogP contribution in [-0.4, -0.2) is 35.5 Å². The van der Waals surface area contributed by atoms with E-state index in [1.807, 2.05) is 37.3 Å². The maximum Gasteiger partial charge on any atom is 0.295 e. The molecule has 0 aliphatic rings. The molecule has 8 heteroatoms. The van der Waals surface area contributed by atoms with Crippen LogP contribution in [-0.2, 0) is 11.8 Å². The van der Waals surface area contributed by atoms with E-state index in [1.165, 1.54) is 7.11 Å². The fraction of sp³-hybridized carbons (Fsp3) is 0.273. The Balaban J connectivity index is 1.84. The third kappa shape index (κ3) is 4.03. The smallest absolute Gasteiger partial charge is 0.295 e. The van der Waals surface area contributed by atoms with Crippen molar-refractivity contribution >= 4 is 17.3 Å². The highest BCUT2D eigenvalue weighted by atomic mass is 16.5. The lowest BCUT2D eigenvalue weighted by Crippen LogP contribution is -2.34. The number of anilines is 2. The van der Waals surface area contributed by atoms with Gasteiger partial charge in [0.2, 0.25) is 5.91 Å². The number of hydrogen-bond donors (Lipinski definition) is 2. The molecule has 0 aliphatic carbocycles. The number of aromatic nitrogens is 2. The van der Waals surface area contributed by atoms with Gasteiger partial charge in [-0.15, -0.1) is 0 Å². The van der Waals surface area contributed by atoms with Crippen molar-refractivity contribution in [3.05, 3.63) is 64.6 Å². The Kier molecular flexibility index (Phi) is 6.15. The number of benzene rings is 2. The average Bonchev–Trinajstić information content (AvgIpc) is 2.97. The number of nitrogens with one attached hydrogen (secondary N) is 2. The van der Waals surface area contributed by atoms with Crippen molar-refractivity contribution in [2.45, 2.75) is 19.9 Å². The van der Waals surface area contributed by atoms with Gasteiger partial charge in [0, 0.05) is 13.1 Å². The maximum atomic E-state index is 13.0. The van der Waals surface area contributed by atoms with Gasteiger partial charge >= 0.3 is 0 Å². The summed E-state index contributed by atoms with van der Waals surface area (Å²) in [6.07, 6.45) is 0. The van der Waals surface area contributed by atoms with Gasteiger partial charge in [-0.25, -0.2) is 4.68 Å². The number of methoxy groups -OCH3 is 2. The molecule has 1 heterocycles. The van der Waals surface area contributed by atoms with Crippen LogP contribution in [0.1, 0.15) is 12.6 Å². The van der Waals surface area contributed by atoms with Gasteiger partial charge in [-0.2, -0.15) is 0 Å². The van der Waals surface area contributed by atoms with Gasteiger partial charge in [-0.3, -0.25) is 14.3 Å². The largest absolute Gasteiger partial charge is 0.497 e. The highest BCUT2D eigenvalue weighted by Gasteiger charge is 2.21. The van der Waals surface area contributed by atoms with E-state index in [0.717, 1.165) is 11.4 Å². The summed E-state index contributed by atoms with van der Waals surface area (Å²) in [4.78, 5) is 25.8. The number of carbonyl (C=O) groups is 1. The van der Waals surface area contributed by atoms with Gasteiger partial charge in [0.25, 0.3) is 5.56 Å². The van der Waals surface area contributed by atoms with Crippen molar-refractivity contribution in [3.63, 3.8) is 0 Å². The van der Waals surface area contributed by atoms with Crippen molar-refractivity contribution in [1.29, 1.82) is 0 Å². The Bertz CT molecular complexity index is 1100. The topological polar surface area (TPSA) is 86.5 Å². The van der Waals surface area contributed by atoms with Crippen LogP contribution in [0.3, 0.4) is 0 Å². The predicted molar refractivity (Wildman–Crippen MR) is 117 cm³/mol. The Morgan fingerprint density at radius 2 is 1.77 bits per heavy atom. The molecule has 1 aromatic heterocycles. The van der Waals surface area contributed by atoms with Crippen molar-refractivity contribution < 1.29 is 14.3 Å². The second-order valence-corrected chi connectivity index (χ2v) is 6.86. The fourth-order valence-electron chi connectivity index (χ4n) is 3.17. The summed E-state index contributed by atoms with van der Waals surface area (Å²) >= 11 is 0. The number of para-hydroxylation sites is 1. The van der Waals surface area contributed by atoms with Crippen LogP contribution in [0.2, 0.25) is 0 Å². The van der Waals surface area contributed by atoms with E-state index in [0.29, 0.717) is 22.9 Å². The van der Waals surface area contributed by atoms with Crippen molar-refractivity contribution in [1.82, 2.24) is 9.36 Å². The maximum absolute atomic E-state index is 13.0. The highest BCUT2D eigenvalue weighted by molar-refractivity contribution is 5.97. The van der Waals surface area contributed by atoms with Crippen LogP contribution in [0.5, 0.6) is 11.5 Å². The predicted octanol–water partition coefficient (Wildman–Crippen LogP) is 2.94. The molecule has 8 nitrogen and oxygen atoms in total. The molecule has 1 amide bonds. The summed E-state index contributed by atoms with van der Waals surface area (Å²) in [5.74, 6) is 0.797. The monoisotopic (exact) mass is 410 g/mol. The van der Waals surface area contributed by atoms with Gasteiger partial charge in [0.1, 0.15) is 23.2 Å². The molecule has 2 aromatic carbocycles. The van der Waals surface area contributed by atoms with E-state index in [-0.39, 0.29) is 11.5 Å². The van der Waals surface area contributed by atoms with Crippen LogP contribution >= 0.6 is 0 Å². The third-order valence-electron chi connectivity index (χ3n) is 4.97. The summed E-state index contributed by atoms with van der Waals surface area (Å²) in [6, 6.07) is 13.8. The van der Waals surface area contributed by atoms with Crippen LogP contribution in [0.4, 0.5) is 11.4 Å². The molecule has 0 saturated heterocycles. The second kappa shape index (κ2) is 8.77. The molecule has 0 saturated carbocycles. The Labute approximate surface area is 175 Å². The van der Waals surface area contributed by atoms with E-state index < -0.39 is 6.04 Å². The molecule has 0 fully saturated rings. The van der Waals surface area contributed by atoms with Gasteiger partial charge in [0.15, 0.2) is 0 Å². The molecular formula is C22H26N4O4. The quantitative estimate of drug-likeness (QED) is 0.625. The SMILES string of the molecule is COc1ccc(OC)c(NC(=O)C(C)Nc2c(C)n(C)n(-c3ccccc3)c2=O)c1. The first-order valence-corrected chi connectivity index (χ1v) is 9.50. The van der Waals surface area contributed by atoms with Crippen LogP contribution in [0, 0.1) is 6.92 Å². The molecule has 0 radical (unpaired) electrons. The van der Waals surface area contributed by atoms with E-state index in [4.69, 9.17) is 9.47 Å². The van der Waals surface area contributed by atoms with Crippen molar-refractivity contribution in [2.75, 3.05) is 24.9 Å². The van der Waals surface area contributed by atoms with E-state index in [2.05, 4.69) is 10.6 Å². The minimum Gasteiger partial charge on any atom is -0.497 e. The first-order chi connectivity index (χ1) is 14.4. The zero-order valence-electron chi connectivity index (χ0n) is 17.7. The number of rotatable bonds is 7. The normalized spacial score (nSPS) is 11.6. The van der Waals surface area contributed by atoms with Gasteiger partial charge in [-0.1, -0.05) is 18.2 Å². The van der Waals surface area contributed by atoms with Gasteiger partial charge in [0.05, 0.1) is 31.3 Å². The third-order valence-corrected chi connectivity index (χ3v) is 4.97. The highest BCUT2D eigenvalue weighted by Crippen LogP contribution is 2.29. The number of nitrogens with zero attached hydrogens (tertiary/aromatic N) is 2. The molecule has 2 N–H and O–H groups in total. The molecule has 158 valence electrons. The Morgan fingerprint density at radius 1 is 1.07 bits per heavy atom. The van der Waals surface area contributed by atoms with Crippen molar-refractivity contribution in [3.8, 4) is 17.2 Å². The van der Waals surface area contributed by atoms with E-state index >= 15 is 0 Å². The number of carbonyl (C=O) groups excluding carboxylic acids is 1. The molecular weight excluding hydrogens is 384 g/mol.